The zero-order valence-electron chi connectivity index (χ0n) is 11.5. The summed E-state index contributed by atoms with van der Waals surface area (Å²) in [6.45, 7) is 1.74. The van der Waals surface area contributed by atoms with Crippen LogP contribution in [0.5, 0.6) is 0 Å². The molecule has 106 valence electrons. The first kappa shape index (κ1) is 13.3. The molecule has 0 spiro atoms. The summed E-state index contributed by atoms with van der Waals surface area (Å²) in [6.07, 6.45) is 1.94. The smallest absolute Gasteiger partial charge is 0.327 e. The van der Waals surface area contributed by atoms with Gasteiger partial charge in [0.2, 0.25) is 0 Å². The predicted molar refractivity (Wildman–Crippen MR) is 77.4 cm³/mol. The van der Waals surface area contributed by atoms with Crippen LogP contribution in [-0.4, -0.2) is 28.0 Å². The predicted octanol–water partition coefficient (Wildman–Crippen LogP) is 2.05. The summed E-state index contributed by atoms with van der Waals surface area (Å²) in [6, 6.07) is 9.77. The Kier molecular flexibility index (Phi) is 3.17. The summed E-state index contributed by atoms with van der Waals surface area (Å²) < 4.78 is 0. The number of aromatic nitrogens is 1. The molecule has 0 fully saturated rings. The van der Waals surface area contributed by atoms with E-state index in [0.29, 0.717) is 23.4 Å². The van der Waals surface area contributed by atoms with Crippen LogP contribution in [0.25, 0.3) is 0 Å². The van der Waals surface area contributed by atoms with E-state index in [1.165, 1.54) is 4.90 Å². The zero-order chi connectivity index (χ0) is 15.0. The van der Waals surface area contributed by atoms with Crippen LogP contribution in [0.3, 0.4) is 0 Å². The molecule has 0 aliphatic carbocycles. The topological polar surface area (TPSA) is 70.5 Å². The highest BCUT2D eigenvalue weighted by molar-refractivity contribution is 6.11. The molecule has 5 heteroatoms. The van der Waals surface area contributed by atoms with Crippen molar-refractivity contribution in [3.8, 4) is 0 Å². The van der Waals surface area contributed by atoms with Gasteiger partial charge >= 0.3 is 5.97 Å². The third-order valence-electron chi connectivity index (χ3n) is 3.72. The molecule has 1 aromatic carbocycles. The Balaban J connectivity index is 2.08. The Labute approximate surface area is 121 Å². The maximum atomic E-state index is 12.8. The van der Waals surface area contributed by atoms with Gasteiger partial charge in [-0.3, -0.25) is 14.7 Å². The van der Waals surface area contributed by atoms with E-state index >= 15 is 0 Å². The molecule has 1 N–H and O–H groups in total. The van der Waals surface area contributed by atoms with Gasteiger partial charge in [-0.05, 0) is 30.7 Å². The number of carboxylic acids is 1. The van der Waals surface area contributed by atoms with Crippen LogP contribution >= 0.6 is 0 Å². The van der Waals surface area contributed by atoms with E-state index in [1.54, 1.807) is 37.4 Å². The van der Waals surface area contributed by atoms with Crippen LogP contribution in [0.15, 0.2) is 42.6 Å². The van der Waals surface area contributed by atoms with Crippen molar-refractivity contribution >= 4 is 17.6 Å². The molecule has 5 nitrogen and oxygen atoms in total. The third-order valence-corrected chi connectivity index (χ3v) is 3.72. The lowest BCUT2D eigenvalue weighted by atomic mass is 10.1. The average Bonchev–Trinajstić information content (AvgIpc) is 2.86. The minimum atomic E-state index is -0.999. The molecule has 21 heavy (non-hydrogen) atoms. The van der Waals surface area contributed by atoms with Crippen molar-refractivity contribution in [2.45, 2.75) is 19.4 Å². The van der Waals surface area contributed by atoms with Gasteiger partial charge in [0, 0.05) is 24.0 Å². The second-order valence-corrected chi connectivity index (χ2v) is 5.00. The number of aliphatic carboxylic acids is 1. The molecule has 0 bridgehead atoms. The van der Waals surface area contributed by atoms with Crippen LogP contribution < -0.4 is 4.90 Å². The second kappa shape index (κ2) is 5.01. The van der Waals surface area contributed by atoms with Gasteiger partial charge < -0.3 is 5.11 Å². The Morgan fingerprint density at radius 2 is 2.00 bits per heavy atom. The van der Waals surface area contributed by atoms with Gasteiger partial charge in [0.15, 0.2) is 0 Å². The van der Waals surface area contributed by atoms with Crippen molar-refractivity contribution in [2.24, 2.45) is 0 Å². The first-order valence-corrected chi connectivity index (χ1v) is 6.65. The van der Waals surface area contributed by atoms with Gasteiger partial charge in [0.05, 0.1) is 5.56 Å². The lowest BCUT2D eigenvalue weighted by molar-refractivity contribution is -0.138. The standard InChI is InChI=1S/C16H14N2O3/c1-10-12(6-4-8-17-10)15(19)18-13-7-3-2-5-11(13)9-14(18)16(20)21/h2-8,14H,9H2,1H3,(H,20,21). The number of hydrogen-bond donors (Lipinski definition) is 1. The van der Waals surface area contributed by atoms with E-state index in [1.807, 2.05) is 12.1 Å². The minimum Gasteiger partial charge on any atom is -0.480 e. The number of amides is 1. The number of para-hydroxylation sites is 1. The first-order valence-electron chi connectivity index (χ1n) is 6.65. The van der Waals surface area contributed by atoms with Crippen molar-refractivity contribution in [1.82, 2.24) is 4.98 Å². The van der Waals surface area contributed by atoms with Crippen molar-refractivity contribution in [1.29, 1.82) is 0 Å². The third kappa shape index (κ3) is 2.16. The normalized spacial score (nSPS) is 16.6. The molecular formula is C16H14N2O3. The number of nitrogens with zero attached hydrogens (tertiary/aromatic N) is 2. The Morgan fingerprint density at radius 1 is 1.24 bits per heavy atom. The number of fused-ring (bicyclic) bond motifs is 1. The first-order chi connectivity index (χ1) is 10.1. The van der Waals surface area contributed by atoms with Crippen molar-refractivity contribution in [2.75, 3.05) is 4.90 Å². The number of carbonyl (C=O) groups excluding carboxylic acids is 1. The summed E-state index contributed by atoms with van der Waals surface area (Å²) in [7, 11) is 0. The molecule has 1 unspecified atom stereocenters. The van der Waals surface area contributed by atoms with Gasteiger partial charge in [-0.25, -0.2) is 4.79 Å². The summed E-state index contributed by atoms with van der Waals surface area (Å²) in [5.41, 5.74) is 2.56. The van der Waals surface area contributed by atoms with Gasteiger partial charge in [-0.2, -0.15) is 0 Å². The van der Waals surface area contributed by atoms with E-state index < -0.39 is 12.0 Å². The fourth-order valence-corrected chi connectivity index (χ4v) is 2.67. The van der Waals surface area contributed by atoms with Gasteiger partial charge in [-0.15, -0.1) is 0 Å². The fourth-order valence-electron chi connectivity index (χ4n) is 2.67. The number of aryl methyl sites for hydroxylation is 1. The highest BCUT2D eigenvalue weighted by Crippen LogP contribution is 2.33. The van der Waals surface area contributed by atoms with E-state index in [2.05, 4.69) is 4.98 Å². The van der Waals surface area contributed by atoms with Crippen LogP contribution in [-0.2, 0) is 11.2 Å². The van der Waals surface area contributed by atoms with Crippen LogP contribution in [0, 0.1) is 6.92 Å². The zero-order valence-corrected chi connectivity index (χ0v) is 11.5. The summed E-state index contributed by atoms with van der Waals surface area (Å²) in [5, 5.41) is 9.41. The number of hydrogen-bond acceptors (Lipinski definition) is 3. The van der Waals surface area contributed by atoms with E-state index in [4.69, 9.17) is 0 Å². The van der Waals surface area contributed by atoms with Gasteiger partial charge in [0.1, 0.15) is 6.04 Å². The average molecular weight is 282 g/mol. The van der Waals surface area contributed by atoms with E-state index in [0.717, 1.165) is 5.56 Å². The van der Waals surface area contributed by atoms with Gasteiger partial charge in [0.25, 0.3) is 5.91 Å². The number of carbonyl (C=O) groups is 2. The molecule has 1 aromatic heterocycles. The maximum absolute atomic E-state index is 12.8. The molecule has 1 amide bonds. The van der Waals surface area contributed by atoms with E-state index in [-0.39, 0.29) is 5.91 Å². The second-order valence-electron chi connectivity index (χ2n) is 5.00. The minimum absolute atomic E-state index is 0.321. The molecule has 2 aromatic rings. The monoisotopic (exact) mass is 282 g/mol. The maximum Gasteiger partial charge on any atom is 0.327 e. The molecule has 1 aliphatic heterocycles. The Morgan fingerprint density at radius 3 is 2.71 bits per heavy atom. The fraction of sp³-hybridized carbons (Fsp3) is 0.188. The lowest BCUT2D eigenvalue weighted by Crippen LogP contribution is -2.43. The number of carboxylic acid groups (broad SMARTS) is 1. The van der Waals surface area contributed by atoms with Crippen LogP contribution in [0.4, 0.5) is 5.69 Å². The SMILES string of the molecule is Cc1ncccc1C(=O)N1c2ccccc2CC1C(=O)O. The quantitative estimate of drug-likeness (QED) is 0.915. The van der Waals surface area contributed by atoms with Crippen LogP contribution in [0.2, 0.25) is 0 Å². The molecule has 0 radical (unpaired) electrons. The Bertz CT molecular complexity index is 727. The molecule has 1 atom stereocenters. The molecule has 0 saturated carbocycles. The lowest BCUT2D eigenvalue weighted by Gasteiger charge is -2.23. The van der Waals surface area contributed by atoms with Crippen molar-refractivity contribution in [3.63, 3.8) is 0 Å². The van der Waals surface area contributed by atoms with Gasteiger partial charge in [-0.1, -0.05) is 18.2 Å². The van der Waals surface area contributed by atoms with Crippen molar-refractivity contribution in [3.05, 3.63) is 59.4 Å². The molecule has 3 rings (SSSR count). The number of rotatable bonds is 2. The largest absolute Gasteiger partial charge is 0.480 e. The highest BCUT2D eigenvalue weighted by atomic mass is 16.4. The molecule has 2 heterocycles. The van der Waals surface area contributed by atoms with Crippen LogP contribution in [0.1, 0.15) is 21.6 Å². The number of anilines is 1. The highest BCUT2D eigenvalue weighted by Gasteiger charge is 2.38. The Hall–Kier alpha value is -2.69. The molecule has 0 saturated heterocycles. The summed E-state index contributed by atoms with van der Waals surface area (Å²) >= 11 is 0. The van der Waals surface area contributed by atoms with E-state index in [9.17, 15) is 14.7 Å². The number of benzene rings is 1. The molecule has 1 aliphatic rings. The number of pyridine rings is 1. The summed E-state index contributed by atoms with van der Waals surface area (Å²) in [4.78, 5) is 29.7. The van der Waals surface area contributed by atoms with Crippen molar-refractivity contribution < 1.29 is 14.7 Å². The summed E-state index contributed by atoms with van der Waals surface area (Å²) in [5.74, 6) is -1.32. The molecular weight excluding hydrogens is 268 g/mol.